The lowest BCUT2D eigenvalue weighted by Gasteiger charge is -2.17. The fourth-order valence-corrected chi connectivity index (χ4v) is 4.14. The highest BCUT2D eigenvalue weighted by Crippen LogP contribution is 2.50. The molecule has 0 bridgehead atoms. The minimum atomic E-state index is -0.133. The summed E-state index contributed by atoms with van der Waals surface area (Å²) in [6.45, 7) is 3.96. The Balaban J connectivity index is 1.63. The number of likely N-dealkylation sites (tertiary alicyclic amines) is 1. The highest BCUT2D eigenvalue weighted by molar-refractivity contribution is 6.30. The molecule has 2 aromatic carbocycles. The van der Waals surface area contributed by atoms with E-state index in [2.05, 4.69) is 11.0 Å². The number of carbonyl (C=O) groups excluding carboxylic acids is 1. The van der Waals surface area contributed by atoms with Crippen LogP contribution in [0.5, 0.6) is 11.5 Å². The Labute approximate surface area is 158 Å². The average Bonchev–Trinajstić information content (AvgIpc) is 3.01. The van der Waals surface area contributed by atoms with E-state index in [-0.39, 0.29) is 17.8 Å². The second kappa shape index (κ2) is 7.29. The number of esters is 1. The SMILES string of the molecule is CCCC(=O)OCN1CC2c3ccccc3Oc3ccc(Cl)cc3C2C1. The van der Waals surface area contributed by atoms with Gasteiger partial charge >= 0.3 is 5.97 Å². The second-order valence-corrected chi connectivity index (χ2v) is 7.40. The lowest BCUT2D eigenvalue weighted by Crippen LogP contribution is -2.26. The predicted octanol–water partition coefficient (Wildman–Crippen LogP) is 4.93. The largest absolute Gasteiger partial charge is 0.457 e. The summed E-state index contributed by atoms with van der Waals surface area (Å²) in [6.07, 6.45) is 1.27. The zero-order chi connectivity index (χ0) is 18.1. The van der Waals surface area contributed by atoms with Crippen LogP contribution in [0, 0.1) is 0 Å². The number of para-hydroxylation sites is 1. The third-order valence-corrected chi connectivity index (χ3v) is 5.40. The van der Waals surface area contributed by atoms with Crippen molar-refractivity contribution in [3.63, 3.8) is 0 Å². The van der Waals surface area contributed by atoms with Gasteiger partial charge < -0.3 is 9.47 Å². The van der Waals surface area contributed by atoms with Gasteiger partial charge in [0.2, 0.25) is 0 Å². The van der Waals surface area contributed by atoms with Crippen LogP contribution in [0.3, 0.4) is 0 Å². The zero-order valence-electron chi connectivity index (χ0n) is 14.8. The van der Waals surface area contributed by atoms with Crippen molar-refractivity contribution in [2.45, 2.75) is 31.6 Å². The van der Waals surface area contributed by atoms with Crippen molar-refractivity contribution in [3.05, 3.63) is 58.6 Å². The van der Waals surface area contributed by atoms with Crippen LogP contribution < -0.4 is 4.74 Å². The van der Waals surface area contributed by atoms with E-state index in [1.54, 1.807) is 0 Å². The van der Waals surface area contributed by atoms with E-state index < -0.39 is 0 Å². The van der Waals surface area contributed by atoms with Crippen molar-refractivity contribution in [3.8, 4) is 11.5 Å². The smallest absolute Gasteiger partial charge is 0.307 e. The van der Waals surface area contributed by atoms with E-state index in [1.165, 1.54) is 5.56 Å². The van der Waals surface area contributed by atoms with Crippen molar-refractivity contribution < 1.29 is 14.3 Å². The van der Waals surface area contributed by atoms with Crippen LogP contribution in [0.1, 0.15) is 42.7 Å². The summed E-state index contributed by atoms with van der Waals surface area (Å²) < 4.78 is 11.6. The molecule has 2 atom stereocenters. The number of hydrogen-bond donors (Lipinski definition) is 0. The van der Waals surface area contributed by atoms with Crippen LogP contribution in [0.2, 0.25) is 5.02 Å². The number of rotatable bonds is 4. The molecule has 0 saturated carbocycles. The molecule has 0 radical (unpaired) electrons. The third kappa shape index (κ3) is 3.31. The first kappa shape index (κ1) is 17.4. The number of halogens is 1. The molecule has 4 nitrogen and oxygen atoms in total. The highest BCUT2D eigenvalue weighted by atomic mass is 35.5. The summed E-state index contributed by atoms with van der Waals surface area (Å²) in [4.78, 5) is 13.9. The number of ether oxygens (including phenoxy) is 2. The van der Waals surface area contributed by atoms with Crippen molar-refractivity contribution in [2.24, 2.45) is 0 Å². The summed E-state index contributed by atoms with van der Waals surface area (Å²) in [5.74, 6) is 2.17. The molecular formula is C21H22ClNO3. The molecule has 2 heterocycles. The quantitative estimate of drug-likeness (QED) is 0.714. The standard InChI is InChI=1S/C21H22ClNO3/c1-2-5-21(24)25-13-23-11-17-15-6-3-4-7-19(15)26-20-9-8-14(22)10-16(20)18(17)12-23/h3-4,6-10,17-18H,2,5,11-13H2,1H3. The molecule has 0 spiro atoms. The molecule has 0 amide bonds. The molecular weight excluding hydrogens is 350 g/mol. The lowest BCUT2D eigenvalue weighted by atomic mass is 9.84. The Morgan fingerprint density at radius 3 is 2.69 bits per heavy atom. The molecule has 2 aromatic rings. The molecule has 1 saturated heterocycles. The van der Waals surface area contributed by atoms with Crippen LogP contribution in [-0.4, -0.2) is 30.7 Å². The van der Waals surface area contributed by atoms with Crippen molar-refractivity contribution in [2.75, 3.05) is 19.8 Å². The van der Waals surface area contributed by atoms with Gasteiger partial charge in [0.15, 0.2) is 0 Å². The third-order valence-electron chi connectivity index (χ3n) is 5.17. The first-order chi connectivity index (χ1) is 12.7. The number of nitrogens with zero attached hydrogens (tertiary/aromatic N) is 1. The zero-order valence-corrected chi connectivity index (χ0v) is 15.5. The van der Waals surface area contributed by atoms with E-state index in [1.807, 2.05) is 43.3 Å². The molecule has 0 aliphatic carbocycles. The van der Waals surface area contributed by atoms with Gasteiger partial charge in [0.25, 0.3) is 0 Å². The summed E-state index contributed by atoms with van der Waals surface area (Å²) in [6, 6.07) is 14.0. The van der Waals surface area contributed by atoms with E-state index in [4.69, 9.17) is 21.1 Å². The van der Waals surface area contributed by atoms with Crippen molar-refractivity contribution >= 4 is 17.6 Å². The topological polar surface area (TPSA) is 38.8 Å². The van der Waals surface area contributed by atoms with E-state index in [0.29, 0.717) is 18.2 Å². The molecule has 4 rings (SSSR count). The highest BCUT2D eigenvalue weighted by Gasteiger charge is 2.40. The minimum absolute atomic E-state index is 0.133. The molecule has 1 fully saturated rings. The molecule has 0 N–H and O–H groups in total. The maximum absolute atomic E-state index is 11.7. The van der Waals surface area contributed by atoms with Crippen LogP contribution in [0.4, 0.5) is 0 Å². The number of benzene rings is 2. The van der Waals surface area contributed by atoms with E-state index in [0.717, 1.165) is 36.6 Å². The van der Waals surface area contributed by atoms with Crippen LogP contribution in [0.15, 0.2) is 42.5 Å². The van der Waals surface area contributed by atoms with Crippen LogP contribution in [0.25, 0.3) is 0 Å². The van der Waals surface area contributed by atoms with E-state index in [9.17, 15) is 4.79 Å². The molecule has 2 aliphatic rings. The first-order valence-electron chi connectivity index (χ1n) is 9.10. The summed E-state index contributed by atoms with van der Waals surface area (Å²) in [7, 11) is 0. The number of fused-ring (bicyclic) bond motifs is 5. The van der Waals surface area contributed by atoms with Gasteiger partial charge in [0.1, 0.15) is 18.2 Å². The van der Waals surface area contributed by atoms with Gasteiger partial charge in [-0.25, -0.2) is 0 Å². The fraction of sp³-hybridized carbons (Fsp3) is 0.381. The molecule has 0 aromatic heterocycles. The van der Waals surface area contributed by atoms with E-state index >= 15 is 0 Å². The van der Waals surface area contributed by atoms with Gasteiger partial charge in [-0.15, -0.1) is 0 Å². The summed E-state index contributed by atoms with van der Waals surface area (Å²) in [5.41, 5.74) is 2.33. The Morgan fingerprint density at radius 2 is 1.88 bits per heavy atom. The normalized spacial score (nSPS) is 21.2. The minimum Gasteiger partial charge on any atom is -0.457 e. The molecule has 136 valence electrons. The summed E-state index contributed by atoms with van der Waals surface area (Å²) >= 11 is 6.27. The Morgan fingerprint density at radius 1 is 1.15 bits per heavy atom. The molecule has 5 heteroatoms. The predicted molar refractivity (Wildman–Crippen MR) is 101 cm³/mol. The van der Waals surface area contributed by atoms with Crippen LogP contribution >= 0.6 is 11.6 Å². The Hall–Kier alpha value is -2.04. The fourth-order valence-electron chi connectivity index (χ4n) is 3.96. The lowest BCUT2D eigenvalue weighted by molar-refractivity contribution is -0.148. The maximum atomic E-state index is 11.7. The summed E-state index contributed by atoms with van der Waals surface area (Å²) in [5, 5.41) is 0.713. The van der Waals surface area contributed by atoms with Gasteiger partial charge in [-0.1, -0.05) is 36.7 Å². The monoisotopic (exact) mass is 371 g/mol. The number of hydrogen-bond acceptors (Lipinski definition) is 4. The second-order valence-electron chi connectivity index (χ2n) is 6.97. The number of carbonyl (C=O) groups is 1. The van der Waals surface area contributed by atoms with Gasteiger partial charge in [0, 0.05) is 41.9 Å². The van der Waals surface area contributed by atoms with Crippen molar-refractivity contribution in [1.82, 2.24) is 4.90 Å². The Kier molecular flexibility index (Phi) is 4.88. The molecule has 2 unspecified atom stereocenters. The molecule has 2 aliphatic heterocycles. The van der Waals surface area contributed by atoms with Gasteiger partial charge in [-0.05, 0) is 36.2 Å². The van der Waals surface area contributed by atoms with Crippen LogP contribution in [-0.2, 0) is 9.53 Å². The Bertz CT molecular complexity index is 823. The van der Waals surface area contributed by atoms with Crippen molar-refractivity contribution in [1.29, 1.82) is 0 Å². The maximum Gasteiger partial charge on any atom is 0.307 e. The average molecular weight is 372 g/mol. The molecule has 26 heavy (non-hydrogen) atoms. The first-order valence-corrected chi connectivity index (χ1v) is 9.47. The van der Waals surface area contributed by atoms with Gasteiger partial charge in [0.05, 0.1) is 0 Å². The van der Waals surface area contributed by atoms with Gasteiger partial charge in [-0.3, -0.25) is 9.69 Å². The van der Waals surface area contributed by atoms with Gasteiger partial charge in [-0.2, -0.15) is 0 Å².